The van der Waals surface area contributed by atoms with Crippen LogP contribution in [0.15, 0.2) is 24.3 Å². The van der Waals surface area contributed by atoms with E-state index in [4.69, 9.17) is 0 Å². The second-order valence-corrected chi connectivity index (χ2v) is 5.78. The van der Waals surface area contributed by atoms with Crippen molar-refractivity contribution in [3.8, 4) is 0 Å². The van der Waals surface area contributed by atoms with Crippen LogP contribution >= 0.6 is 0 Å². The minimum absolute atomic E-state index is 0.136. The van der Waals surface area contributed by atoms with Crippen LogP contribution in [0.1, 0.15) is 24.2 Å². The van der Waals surface area contributed by atoms with Gasteiger partial charge in [0.2, 0.25) is 0 Å². The first-order chi connectivity index (χ1) is 9.72. The Morgan fingerprint density at radius 3 is 2.90 bits per heavy atom. The number of amides is 1. The third kappa shape index (κ3) is 1.37. The molecule has 0 N–H and O–H groups in total. The highest BCUT2D eigenvalue weighted by Crippen LogP contribution is 2.39. The molecule has 1 unspecified atom stereocenters. The molecule has 0 saturated carbocycles. The van der Waals surface area contributed by atoms with E-state index in [0.717, 1.165) is 31.6 Å². The molecule has 2 aromatic rings. The number of fused-ring (bicyclic) bond motifs is 3. The number of carbonyl (C=O) groups is 1. The van der Waals surface area contributed by atoms with Gasteiger partial charge in [0, 0.05) is 25.0 Å². The number of aromatic nitrogens is 1. The van der Waals surface area contributed by atoms with E-state index in [2.05, 4.69) is 37.1 Å². The van der Waals surface area contributed by atoms with E-state index < -0.39 is 0 Å². The molecule has 0 spiro atoms. The Labute approximate surface area is 118 Å². The number of benzene rings is 1. The lowest BCUT2D eigenvalue weighted by Crippen LogP contribution is -2.49. The topological polar surface area (TPSA) is 28.5 Å². The summed E-state index contributed by atoms with van der Waals surface area (Å²) in [6, 6.07) is 8.79. The molecule has 3 heterocycles. The molecule has 4 rings (SSSR count). The predicted molar refractivity (Wildman–Crippen MR) is 79.1 cm³/mol. The van der Waals surface area contributed by atoms with Gasteiger partial charge in [-0.3, -0.25) is 9.47 Å². The minimum Gasteiger partial charge on any atom is -0.322 e. The molecule has 2 aliphatic heterocycles. The van der Waals surface area contributed by atoms with E-state index in [1.54, 1.807) is 0 Å². The van der Waals surface area contributed by atoms with Gasteiger partial charge in [-0.15, -0.1) is 0 Å². The second kappa shape index (κ2) is 4.09. The van der Waals surface area contributed by atoms with Crippen LogP contribution in [0.2, 0.25) is 0 Å². The fourth-order valence-electron chi connectivity index (χ4n) is 3.72. The SMILES string of the molecule is CCN1CC2c3c(c4ccccc4n3C1=O)CCN2C. The number of hydrogen-bond acceptors (Lipinski definition) is 2. The van der Waals surface area contributed by atoms with E-state index in [-0.39, 0.29) is 6.03 Å². The average Bonchev–Trinajstić information content (AvgIpc) is 2.81. The monoisotopic (exact) mass is 269 g/mol. The number of nitrogens with zero attached hydrogens (tertiary/aromatic N) is 3. The highest BCUT2D eigenvalue weighted by molar-refractivity contribution is 5.96. The third-order valence-electron chi connectivity index (χ3n) is 4.82. The zero-order valence-corrected chi connectivity index (χ0v) is 12.0. The van der Waals surface area contributed by atoms with Crippen molar-refractivity contribution in [1.82, 2.24) is 14.4 Å². The zero-order chi connectivity index (χ0) is 13.9. The molecule has 0 fully saturated rings. The summed E-state index contributed by atoms with van der Waals surface area (Å²) < 4.78 is 1.96. The van der Waals surface area contributed by atoms with Crippen molar-refractivity contribution in [2.24, 2.45) is 0 Å². The van der Waals surface area contributed by atoms with E-state index in [1.807, 2.05) is 15.5 Å². The summed E-state index contributed by atoms with van der Waals surface area (Å²) in [6.07, 6.45) is 1.04. The van der Waals surface area contributed by atoms with E-state index >= 15 is 0 Å². The predicted octanol–water partition coefficient (Wildman–Crippen LogP) is 2.47. The summed E-state index contributed by atoms with van der Waals surface area (Å²) >= 11 is 0. The lowest BCUT2D eigenvalue weighted by atomic mass is 9.96. The van der Waals surface area contributed by atoms with Crippen molar-refractivity contribution in [3.05, 3.63) is 35.5 Å². The molecule has 104 valence electrons. The van der Waals surface area contributed by atoms with Crippen molar-refractivity contribution < 1.29 is 4.79 Å². The van der Waals surface area contributed by atoms with Crippen molar-refractivity contribution >= 4 is 16.9 Å². The van der Waals surface area contributed by atoms with Crippen LogP contribution in [-0.2, 0) is 6.42 Å². The first-order valence-electron chi connectivity index (χ1n) is 7.34. The van der Waals surface area contributed by atoms with Crippen LogP contribution < -0.4 is 0 Å². The van der Waals surface area contributed by atoms with Gasteiger partial charge < -0.3 is 4.90 Å². The highest BCUT2D eigenvalue weighted by Gasteiger charge is 2.39. The molecular weight excluding hydrogens is 250 g/mol. The van der Waals surface area contributed by atoms with Crippen LogP contribution in [0.25, 0.3) is 10.9 Å². The van der Waals surface area contributed by atoms with E-state index in [9.17, 15) is 4.79 Å². The van der Waals surface area contributed by atoms with E-state index in [0.29, 0.717) is 6.04 Å². The Bertz CT molecular complexity index is 703. The fourth-order valence-corrected chi connectivity index (χ4v) is 3.72. The summed E-state index contributed by atoms with van der Waals surface area (Å²) in [5, 5.41) is 1.26. The molecule has 1 amide bonds. The zero-order valence-electron chi connectivity index (χ0n) is 12.0. The number of hydrogen-bond donors (Lipinski definition) is 0. The highest BCUT2D eigenvalue weighted by atomic mass is 16.2. The van der Waals surface area contributed by atoms with Crippen LogP contribution in [0.4, 0.5) is 4.79 Å². The Balaban J connectivity index is 2.07. The van der Waals surface area contributed by atoms with E-state index in [1.165, 1.54) is 16.6 Å². The molecule has 0 bridgehead atoms. The quantitative estimate of drug-likeness (QED) is 0.795. The Morgan fingerprint density at radius 2 is 2.10 bits per heavy atom. The normalized spacial score (nSPS) is 22.4. The molecule has 1 atom stereocenters. The number of rotatable bonds is 1. The van der Waals surface area contributed by atoms with Crippen LogP contribution in [0, 0.1) is 0 Å². The molecule has 0 aliphatic carbocycles. The van der Waals surface area contributed by atoms with Crippen LogP contribution in [0.5, 0.6) is 0 Å². The molecular formula is C16H19N3O. The van der Waals surface area contributed by atoms with Gasteiger partial charge in [0.15, 0.2) is 0 Å². The molecule has 1 aromatic heterocycles. The third-order valence-corrected chi connectivity index (χ3v) is 4.82. The van der Waals surface area contributed by atoms with Crippen LogP contribution in [-0.4, -0.2) is 47.1 Å². The summed E-state index contributed by atoms with van der Waals surface area (Å²) in [6.45, 7) is 4.70. The fraction of sp³-hybridized carbons (Fsp3) is 0.438. The van der Waals surface area contributed by atoms with Crippen molar-refractivity contribution in [3.63, 3.8) is 0 Å². The lowest BCUT2D eigenvalue weighted by Gasteiger charge is -2.41. The average molecular weight is 269 g/mol. The number of carbonyl (C=O) groups excluding carboxylic acids is 1. The Morgan fingerprint density at radius 1 is 1.30 bits per heavy atom. The summed E-state index contributed by atoms with van der Waals surface area (Å²) in [5.41, 5.74) is 3.68. The molecule has 4 heteroatoms. The van der Waals surface area contributed by atoms with Gasteiger partial charge in [-0.1, -0.05) is 18.2 Å². The minimum atomic E-state index is 0.136. The Hall–Kier alpha value is -1.81. The van der Waals surface area contributed by atoms with Gasteiger partial charge in [-0.05, 0) is 32.0 Å². The van der Waals surface area contributed by atoms with Gasteiger partial charge in [0.1, 0.15) is 0 Å². The molecule has 0 radical (unpaired) electrons. The maximum absolute atomic E-state index is 12.7. The van der Waals surface area contributed by atoms with Gasteiger partial charge in [0.25, 0.3) is 0 Å². The molecule has 2 aliphatic rings. The standard InChI is InChI=1S/C16H19N3O/c1-3-18-10-14-15-12(8-9-17(14)2)11-6-4-5-7-13(11)19(15)16(18)20/h4-7,14H,3,8-10H2,1-2H3. The van der Waals surface area contributed by atoms with Gasteiger partial charge in [0.05, 0.1) is 17.3 Å². The van der Waals surface area contributed by atoms with Gasteiger partial charge >= 0.3 is 6.03 Å². The summed E-state index contributed by atoms with van der Waals surface area (Å²) in [7, 11) is 2.17. The maximum atomic E-state index is 12.7. The van der Waals surface area contributed by atoms with Gasteiger partial charge in [-0.2, -0.15) is 0 Å². The molecule has 1 aromatic carbocycles. The molecule has 4 nitrogen and oxygen atoms in total. The lowest BCUT2D eigenvalue weighted by molar-refractivity contribution is 0.136. The molecule has 20 heavy (non-hydrogen) atoms. The first-order valence-corrected chi connectivity index (χ1v) is 7.34. The largest absolute Gasteiger partial charge is 0.328 e. The second-order valence-electron chi connectivity index (χ2n) is 5.78. The maximum Gasteiger partial charge on any atom is 0.328 e. The van der Waals surface area contributed by atoms with Crippen molar-refractivity contribution in [1.29, 1.82) is 0 Å². The summed E-state index contributed by atoms with van der Waals surface area (Å²) in [4.78, 5) is 17.1. The number of para-hydroxylation sites is 1. The van der Waals surface area contributed by atoms with Crippen LogP contribution in [0.3, 0.4) is 0 Å². The smallest absolute Gasteiger partial charge is 0.322 e. The first kappa shape index (κ1) is 12.0. The Kier molecular flexibility index (Phi) is 2.45. The van der Waals surface area contributed by atoms with Crippen molar-refractivity contribution in [2.45, 2.75) is 19.4 Å². The summed E-state index contributed by atoms with van der Waals surface area (Å²) in [5.74, 6) is 0. The van der Waals surface area contributed by atoms with Gasteiger partial charge in [-0.25, -0.2) is 4.79 Å². The number of likely N-dealkylation sites (N-methyl/N-ethyl adjacent to an activating group) is 2. The molecule has 0 saturated heterocycles. The van der Waals surface area contributed by atoms with Crippen molar-refractivity contribution in [2.75, 3.05) is 26.7 Å².